The molecule has 0 saturated carbocycles. The van der Waals surface area contributed by atoms with Crippen molar-refractivity contribution >= 4 is 17.7 Å². The van der Waals surface area contributed by atoms with Gasteiger partial charge in [-0.15, -0.1) is 0 Å². The molecule has 0 N–H and O–H groups in total. The van der Waals surface area contributed by atoms with Gasteiger partial charge in [0, 0.05) is 5.56 Å². The van der Waals surface area contributed by atoms with Crippen molar-refractivity contribution in [3.05, 3.63) is 59.2 Å². The predicted octanol–water partition coefficient (Wildman–Crippen LogP) is 4.99. The van der Waals surface area contributed by atoms with Crippen molar-refractivity contribution < 1.29 is 36.1 Å². The molecule has 0 fully saturated rings. The van der Waals surface area contributed by atoms with E-state index in [9.17, 15) is 26.7 Å². The zero-order valence-electron chi connectivity index (χ0n) is 14.4. The standard InChI is InChI=1S/C17H15ClF5N2O2/c1-25(2,3)24(18)16(26)10-5-4-6-12(7-10)27-15-13(19)8-11(9-14(15)20)17(21,22)23/h4-9H,1-3H3/q+1. The molecule has 0 atom stereocenters. The summed E-state index contributed by atoms with van der Waals surface area (Å²) in [6.45, 7) is 0. The summed E-state index contributed by atoms with van der Waals surface area (Å²) >= 11 is 5.95. The summed E-state index contributed by atoms with van der Waals surface area (Å²) in [6, 6.07) is 5.50. The molecule has 4 nitrogen and oxygen atoms in total. The van der Waals surface area contributed by atoms with Gasteiger partial charge in [0.25, 0.3) is 0 Å². The number of benzene rings is 2. The SMILES string of the molecule is C[N+](C)(C)N(Cl)C(=O)c1cccc(Oc2c(F)cc(C(F)(F)F)cc2F)c1. The van der Waals surface area contributed by atoms with Crippen LogP contribution in [0.3, 0.4) is 0 Å². The number of carbonyl (C=O) groups excluding carboxylic acids is 1. The second kappa shape index (κ2) is 7.32. The second-order valence-electron chi connectivity index (χ2n) is 6.40. The minimum atomic E-state index is -4.90. The average Bonchev–Trinajstić information content (AvgIpc) is 2.55. The summed E-state index contributed by atoms with van der Waals surface area (Å²) in [5.74, 6) is -4.82. The Labute approximate surface area is 157 Å². The van der Waals surface area contributed by atoms with Crippen LogP contribution in [0.2, 0.25) is 0 Å². The van der Waals surface area contributed by atoms with E-state index < -0.39 is 35.0 Å². The number of carbonyl (C=O) groups is 1. The predicted molar refractivity (Wildman–Crippen MR) is 87.9 cm³/mol. The molecule has 0 aliphatic rings. The Morgan fingerprint density at radius 3 is 2.11 bits per heavy atom. The fourth-order valence-electron chi connectivity index (χ4n) is 2.01. The van der Waals surface area contributed by atoms with Gasteiger partial charge < -0.3 is 4.74 Å². The number of nitrogens with zero attached hydrogens (tertiary/aromatic N) is 2. The van der Waals surface area contributed by atoms with E-state index in [-0.39, 0.29) is 28.0 Å². The molecule has 0 aliphatic carbocycles. The van der Waals surface area contributed by atoms with E-state index in [0.717, 1.165) is 4.53 Å². The first kappa shape index (κ1) is 20.9. The van der Waals surface area contributed by atoms with Crippen LogP contribution in [0, 0.1) is 11.6 Å². The Balaban J connectivity index is 2.33. The van der Waals surface area contributed by atoms with E-state index in [4.69, 9.17) is 16.5 Å². The molecule has 0 heterocycles. The summed E-state index contributed by atoms with van der Waals surface area (Å²) < 4.78 is 71.5. The Kier molecular flexibility index (Phi) is 5.67. The zero-order chi connectivity index (χ0) is 20.6. The lowest BCUT2D eigenvalue weighted by Crippen LogP contribution is -2.49. The van der Waals surface area contributed by atoms with Crippen LogP contribution in [-0.4, -0.2) is 36.2 Å². The van der Waals surface area contributed by atoms with E-state index in [2.05, 4.69) is 0 Å². The van der Waals surface area contributed by atoms with Crippen LogP contribution < -0.4 is 4.74 Å². The van der Waals surface area contributed by atoms with Gasteiger partial charge in [-0.05, 0) is 30.3 Å². The highest BCUT2D eigenvalue weighted by Crippen LogP contribution is 2.35. The van der Waals surface area contributed by atoms with Crippen LogP contribution in [-0.2, 0) is 6.18 Å². The number of halogens is 6. The number of hydrogen-bond acceptors (Lipinski definition) is 2. The smallest absolute Gasteiger partial charge is 0.416 e. The van der Waals surface area contributed by atoms with Gasteiger partial charge >= 0.3 is 12.1 Å². The van der Waals surface area contributed by atoms with Gasteiger partial charge in [0.2, 0.25) is 0 Å². The van der Waals surface area contributed by atoms with Gasteiger partial charge in [-0.2, -0.15) is 13.2 Å². The van der Waals surface area contributed by atoms with Crippen LogP contribution in [0.15, 0.2) is 36.4 Å². The average molecular weight is 410 g/mol. The molecule has 10 heteroatoms. The largest absolute Gasteiger partial charge is 0.451 e. The minimum Gasteiger partial charge on any atom is -0.451 e. The fraction of sp³-hybridized carbons (Fsp3) is 0.235. The molecule has 2 aromatic carbocycles. The van der Waals surface area contributed by atoms with Gasteiger partial charge in [0.05, 0.1) is 38.5 Å². The summed E-state index contributed by atoms with van der Waals surface area (Å²) in [7, 11) is 4.91. The minimum absolute atomic E-state index is 0.0341. The number of quaternary nitrogens is 1. The van der Waals surface area contributed by atoms with Crippen molar-refractivity contribution in [1.29, 1.82) is 0 Å². The maximum absolute atomic E-state index is 13.9. The first-order valence-electron chi connectivity index (χ1n) is 7.47. The molecule has 2 aromatic rings. The van der Waals surface area contributed by atoms with E-state index in [1.807, 2.05) is 0 Å². The summed E-state index contributed by atoms with van der Waals surface area (Å²) in [6.07, 6.45) is -4.90. The lowest BCUT2D eigenvalue weighted by atomic mass is 10.2. The molecular weight excluding hydrogens is 395 g/mol. The van der Waals surface area contributed by atoms with Crippen LogP contribution in [0.1, 0.15) is 15.9 Å². The molecule has 0 aromatic heterocycles. The monoisotopic (exact) mass is 409 g/mol. The summed E-state index contributed by atoms with van der Waals surface area (Å²) in [5, 5.41) is 0. The van der Waals surface area contributed by atoms with Gasteiger partial charge in [-0.25, -0.2) is 13.4 Å². The van der Waals surface area contributed by atoms with E-state index in [0.29, 0.717) is 0 Å². The van der Waals surface area contributed by atoms with Crippen LogP contribution in [0.25, 0.3) is 0 Å². The lowest BCUT2D eigenvalue weighted by molar-refractivity contribution is -0.954. The number of ether oxygens (including phenoxy) is 1. The number of amides is 1. The Morgan fingerprint density at radius 2 is 1.63 bits per heavy atom. The topological polar surface area (TPSA) is 29.5 Å². The van der Waals surface area contributed by atoms with E-state index in [1.165, 1.54) is 24.3 Å². The van der Waals surface area contributed by atoms with Crippen molar-refractivity contribution in [2.75, 3.05) is 21.1 Å². The lowest BCUT2D eigenvalue weighted by Gasteiger charge is -2.29. The number of alkyl halides is 3. The quantitative estimate of drug-likeness (QED) is 0.308. The van der Waals surface area contributed by atoms with E-state index in [1.54, 1.807) is 21.1 Å². The third kappa shape index (κ3) is 4.86. The van der Waals surface area contributed by atoms with Gasteiger partial charge in [0.15, 0.2) is 17.4 Å². The third-order valence-corrected chi connectivity index (χ3v) is 3.93. The fourth-order valence-corrected chi connectivity index (χ4v) is 2.11. The molecule has 0 aliphatic heterocycles. The van der Waals surface area contributed by atoms with Gasteiger partial charge in [-0.1, -0.05) is 10.6 Å². The zero-order valence-corrected chi connectivity index (χ0v) is 15.2. The number of rotatable bonds is 4. The molecule has 1 amide bonds. The molecule has 0 spiro atoms. The first-order chi connectivity index (χ1) is 12.3. The first-order valence-corrected chi connectivity index (χ1v) is 7.81. The highest BCUT2D eigenvalue weighted by Gasteiger charge is 2.33. The molecule has 146 valence electrons. The van der Waals surface area contributed by atoms with Gasteiger partial charge in [0.1, 0.15) is 5.75 Å². The maximum Gasteiger partial charge on any atom is 0.416 e. The molecular formula is C17H15ClF5N2O2+. The van der Waals surface area contributed by atoms with Crippen LogP contribution in [0.5, 0.6) is 11.5 Å². The normalized spacial score (nSPS) is 12.0. The Bertz CT molecular complexity index is 842. The molecule has 0 bridgehead atoms. The number of hydrogen-bond donors (Lipinski definition) is 0. The van der Waals surface area contributed by atoms with Crippen molar-refractivity contribution in [3.8, 4) is 11.5 Å². The summed E-state index contributed by atoms with van der Waals surface area (Å²) in [5.41, 5.74) is -1.42. The van der Waals surface area contributed by atoms with Crippen molar-refractivity contribution in [2.45, 2.75) is 6.18 Å². The second-order valence-corrected chi connectivity index (χ2v) is 6.72. The van der Waals surface area contributed by atoms with Crippen LogP contribution >= 0.6 is 11.8 Å². The Morgan fingerprint density at radius 1 is 1.07 bits per heavy atom. The van der Waals surface area contributed by atoms with Crippen LogP contribution in [0.4, 0.5) is 22.0 Å². The third-order valence-electron chi connectivity index (χ3n) is 3.32. The molecule has 0 radical (unpaired) electrons. The Hall–Kier alpha value is -2.39. The van der Waals surface area contributed by atoms with Gasteiger partial charge in [-0.3, -0.25) is 4.79 Å². The molecule has 27 heavy (non-hydrogen) atoms. The summed E-state index contributed by atoms with van der Waals surface area (Å²) in [4.78, 5) is 12.3. The molecule has 0 saturated heterocycles. The molecule has 2 rings (SSSR count). The van der Waals surface area contributed by atoms with E-state index >= 15 is 0 Å². The highest BCUT2D eigenvalue weighted by molar-refractivity contribution is 6.23. The highest BCUT2D eigenvalue weighted by atomic mass is 35.5. The van der Waals surface area contributed by atoms with Crippen molar-refractivity contribution in [3.63, 3.8) is 0 Å². The maximum atomic E-state index is 13.9. The van der Waals surface area contributed by atoms with Crippen molar-refractivity contribution in [1.82, 2.24) is 4.53 Å². The molecule has 0 unspecified atom stereocenters. The van der Waals surface area contributed by atoms with Crippen molar-refractivity contribution in [2.24, 2.45) is 0 Å².